The van der Waals surface area contributed by atoms with E-state index in [1.54, 1.807) is 0 Å². The summed E-state index contributed by atoms with van der Waals surface area (Å²) >= 11 is 0. The maximum absolute atomic E-state index is 12.3. The Bertz CT molecular complexity index is 750. The third-order valence-electron chi connectivity index (χ3n) is 5.74. The fraction of sp³-hybridized carbons (Fsp3) is 0.391. The van der Waals surface area contributed by atoms with Gasteiger partial charge in [0, 0.05) is 18.4 Å². The molecule has 4 nitrogen and oxygen atoms in total. The van der Waals surface area contributed by atoms with Crippen LogP contribution in [0.5, 0.6) is 0 Å². The highest BCUT2D eigenvalue weighted by atomic mass is 16.6. The molecule has 2 aromatic carbocycles. The highest BCUT2D eigenvalue weighted by Gasteiger charge is 2.43. The number of alkyl carbamates (subject to hydrolysis) is 1. The fourth-order valence-corrected chi connectivity index (χ4v) is 3.95. The standard InChI is InChI=1S/C23H27NO3/c1-22(27-21(26)24-18-19-8-4-2-5-9-19)12-14-23(15-13-22,16-17-25)20-10-6-3-7-11-20/h2-11,17H,12-16,18H2,1H3,(H,24,26). The molecule has 0 aromatic heterocycles. The summed E-state index contributed by atoms with van der Waals surface area (Å²) < 4.78 is 5.77. The summed E-state index contributed by atoms with van der Waals surface area (Å²) in [6, 6.07) is 20.0. The molecule has 2 aromatic rings. The summed E-state index contributed by atoms with van der Waals surface area (Å²) in [5, 5.41) is 2.83. The van der Waals surface area contributed by atoms with Gasteiger partial charge in [0.05, 0.1) is 0 Å². The lowest BCUT2D eigenvalue weighted by Gasteiger charge is -2.44. The molecule has 0 radical (unpaired) electrons. The van der Waals surface area contributed by atoms with Crippen LogP contribution in [-0.2, 0) is 21.5 Å². The molecular weight excluding hydrogens is 338 g/mol. The van der Waals surface area contributed by atoms with Crippen molar-refractivity contribution in [2.75, 3.05) is 0 Å². The topological polar surface area (TPSA) is 55.4 Å². The molecule has 3 rings (SSSR count). The number of aldehydes is 1. The monoisotopic (exact) mass is 365 g/mol. The van der Waals surface area contributed by atoms with E-state index in [2.05, 4.69) is 17.4 Å². The van der Waals surface area contributed by atoms with E-state index in [0.717, 1.165) is 37.5 Å². The van der Waals surface area contributed by atoms with Crippen molar-refractivity contribution >= 4 is 12.4 Å². The first-order chi connectivity index (χ1) is 13.1. The molecule has 1 N–H and O–H groups in total. The van der Waals surface area contributed by atoms with Gasteiger partial charge in [-0.3, -0.25) is 0 Å². The highest BCUT2D eigenvalue weighted by molar-refractivity contribution is 5.67. The molecule has 1 aliphatic carbocycles. The summed E-state index contributed by atoms with van der Waals surface area (Å²) in [5.41, 5.74) is 1.60. The lowest BCUT2D eigenvalue weighted by Crippen LogP contribution is -2.44. The molecule has 1 saturated carbocycles. The van der Waals surface area contributed by atoms with Crippen molar-refractivity contribution in [1.29, 1.82) is 0 Å². The van der Waals surface area contributed by atoms with Gasteiger partial charge in [-0.1, -0.05) is 60.7 Å². The van der Waals surface area contributed by atoms with Crippen molar-refractivity contribution < 1.29 is 14.3 Å². The second kappa shape index (κ2) is 8.38. The molecule has 0 heterocycles. The van der Waals surface area contributed by atoms with Gasteiger partial charge in [0.2, 0.25) is 0 Å². The molecule has 1 amide bonds. The van der Waals surface area contributed by atoms with Gasteiger partial charge in [0.1, 0.15) is 11.9 Å². The summed E-state index contributed by atoms with van der Waals surface area (Å²) in [6.07, 6.45) is 4.29. The number of carbonyl (C=O) groups is 2. The van der Waals surface area contributed by atoms with Crippen LogP contribution in [0.15, 0.2) is 60.7 Å². The SMILES string of the molecule is CC1(OC(=O)NCc2ccccc2)CCC(CC=O)(c2ccccc2)CC1. The van der Waals surface area contributed by atoms with Crippen LogP contribution >= 0.6 is 0 Å². The van der Waals surface area contributed by atoms with Crippen molar-refractivity contribution in [2.45, 2.75) is 56.6 Å². The van der Waals surface area contributed by atoms with Gasteiger partial charge in [-0.25, -0.2) is 4.79 Å². The Labute approximate surface area is 160 Å². The number of ether oxygens (including phenoxy) is 1. The number of nitrogens with one attached hydrogen (secondary N) is 1. The van der Waals surface area contributed by atoms with Crippen LogP contribution in [0.4, 0.5) is 4.79 Å². The molecule has 0 atom stereocenters. The van der Waals surface area contributed by atoms with Gasteiger partial charge in [0.25, 0.3) is 0 Å². The number of hydrogen-bond acceptors (Lipinski definition) is 3. The van der Waals surface area contributed by atoms with Gasteiger partial charge in [0.15, 0.2) is 0 Å². The van der Waals surface area contributed by atoms with E-state index in [4.69, 9.17) is 4.74 Å². The van der Waals surface area contributed by atoms with Crippen molar-refractivity contribution in [2.24, 2.45) is 0 Å². The lowest BCUT2D eigenvalue weighted by atomic mass is 9.64. The molecule has 0 aliphatic heterocycles. The minimum atomic E-state index is -0.498. The molecular formula is C23H27NO3. The van der Waals surface area contributed by atoms with Gasteiger partial charge in [-0.05, 0) is 43.7 Å². The van der Waals surface area contributed by atoms with Crippen LogP contribution in [0.25, 0.3) is 0 Å². The fourth-order valence-electron chi connectivity index (χ4n) is 3.95. The number of carbonyl (C=O) groups excluding carboxylic acids is 2. The van der Waals surface area contributed by atoms with Crippen molar-refractivity contribution in [3.63, 3.8) is 0 Å². The minimum Gasteiger partial charge on any atom is -0.443 e. The number of amides is 1. The van der Waals surface area contributed by atoms with E-state index in [-0.39, 0.29) is 11.5 Å². The summed E-state index contributed by atoms with van der Waals surface area (Å²) in [7, 11) is 0. The second-order valence-corrected chi connectivity index (χ2v) is 7.70. The van der Waals surface area contributed by atoms with Crippen molar-refractivity contribution in [1.82, 2.24) is 5.32 Å². The van der Waals surface area contributed by atoms with Crippen LogP contribution in [0.1, 0.15) is 50.2 Å². The highest BCUT2D eigenvalue weighted by Crippen LogP contribution is 2.46. The third kappa shape index (κ3) is 4.76. The molecule has 27 heavy (non-hydrogen) atoms. The largest absolute Gasteiger partial charge is 0.443 e. The smallest absolute Gasteiger partial charge is 0.407 e. The molecule has 0 bridgehead atoms. The summed E-state index contributed by atoms with van der Waals surface area (Å²) in [4.78, 5) is 23.6. The molecule has 1 fully saturated rings. The molecule has 142 valence electrons. The predicted octanol–water partition coefficient (Wildman–Crippen LogP) is 4.77. The van der Waals surface area contributed by atoms with E-state index >= 15 is 0 Å². The Morgan fingerprint density at radius 1 is 1.00 bits per heavy atom. The zero-order valence-electron chi connectivity index (χ0n) is 15.8. The third-order valence-corrected chi connectivity index (χ3v) is 5.74. The van der Waals surface area contributed by atoms with Crippen LogP contribution in [0.2, 0.25) is 0 Å². The van der Waals surface area contributed by atoms with Crippen LogP contribution in [-0.4, -0.2) is 18.0 Å². The summed E-state index contributed by atoms with van der Waals surface area (Å²) in [6.45, 7) is 2.44. The van der Waals surface area contributed by atoms with Crippen LogP contribution in [0, 0.1) is 0 Å². The first-order valence-electron chi connectivity index (χ1n) is 9.55. The number of benzene rings is 2. The van der Waals surface area contributed by atoms with Gasteiger partial charge >= 0.3 is 6.09 Å². The van der Waals surface area contributed by atoms with Gasteiger partial charge in [-0.2, -0.15) is 0 Å². The molecule has 1 aliphatic rings. The lowest BCUT2D eigenvalue weighted by molar-refractivity contribution is -0.110. The maximum atomic E-state index is 12.3. The van der Waals surface area contributed by atoms with E-state index in [9.17, 15) is 9.59 Å². The van der Waals surface area contributed by atoms with Gasteiger partial charge in [-0.15, -0.1) is 0 Å². The number of rotatable bonds is 6. The van der Waals surface area contributed by atoms with Gasteiger partial charge < -0.3 is 14.8 Å². The normalized spacial score (nSPS) is 24.8. The molecule has 0 unspecified atom stereocenters. The maximum Gasteiger partial charge on any atom is 0.407 e. The Morgan fingerprint density at radius 3 is 2.19 bits per heavy atom. The zero-order chi connectivity index (χ0) is 19.2. The Balaban J connectivity index is 1.59. The van der Waals surface area contributed by atoms with Crippen LogP contribution < -0.4 is 5.32 Å². The van der Waals surface area contributed by atoms with Crippen LogP contribution in [0.3, 0.4) is 0 Å². The molecule has 4 heteroatoms. The molecule has 0 spiro atoms. The average molecular weight is 365 g/mol. The number of hydrogen-bond donors (Lipinski definition) is 1. The van der Waals surface area contributed by atoms with E-state index in [0.29, 0.717) is 13.0 Å². The predicted molar refractivity (Wildman–Crippen MR) is 105 cm³/mol. The summed E-state index contributed by atoms with van der Waals surface area (Å²) in [5.74, 6) is 0. The van der Waals surface area contributed by atoms with E-state index in [1.165, 1.54) is 5.56 Å². The van der Waals surface area contributed by atoms with E-state index < -0.39 is 5.60 Å². The minimum absolute atomic E-state index is 0.146. The average Bonchev–Trinajstić information content (AvgIpc) is 2.70. The Kier molecular flexibility index (Phi) is 5.94. The quantitative estimate of drug-likeness (QED) is 0.750. The Hall–Kier alpha value is -2.62. The zero-order valence-corrected chi connectivity index (χ0v) is 15.8. The van der Waals surface area contributed by atoms with Crippen molar-refractivity contribution in [3.8, 4) is 0 Å². The van der Waals surface area contributed by atoms with Crippen molar-refractivity contribution in [3.05, 3.63) is 71.8 Å². The second-order valence-electron chi connectivity index (χ2n) is 7.70. The molecule has 0 saturated heterocycles. The van der Waals surface area contributed by atoms with E-state index in [1.807, 2.05) is 55.5 Å². The Morgan fingerprint density at radius 2 is 1.59 bits per heavy atom. The first-order valence-corrected chi connectivity index (χ1v) is 9.55. The first kappa shape index (κ1) is 19.2.